The van der Waals surface area contributed by atoms with E-state index in [1.807, 2.05) is 0 Å². The molecule has 5 nitrogen and oxygen atoms in total. The van der Waals surface area contributed by atoms with Gasteiger partial charge in [-0.15, -0.1) is 0 Å². The Bertz CT molecular complexity index is 396. The summed E-state index contributed by atoms with van der Waals surface area (Å²) in [5.74, 6) is 0.225. The van der Waals surface area contributed by atoms with Gasteiger partial charge in [-0.25, -0.2) is 4.98 Å². The van der Waals surface area contributed by atoms with Gasteiger partial charge in [-0.3, -0.25) is 4.79 Å². The number of hydrogen-bond acceptors (Lipinski definition) is 4. The Morgan fingerprint density at radius 2 is 2.36 bits per heavy atom. The van der Waals surface area contributed by atoms with Gasteiger partial charge in [0.25, 0.3) is 5.91 Å². The number of nitrogens with zero attached hydrogens (tertiary/aromatic N) is 3. The van der Waals surface area contributed by atoms with Crippen LogP contribution >= 0.6 is 11.6 Å². The molecule has 2 heterocycles. The first kappa shape index (κ1) is 9.21. The second-order valence-electron chi connectivity index (χ2n) is 2.99. The van der Waals surface area contributed by atoms with Crippen LogP contribution in [0.3, 0.4) is 0 Å². The minimum atomic E-state index is -0.529. The number of halogens is 1. The number of anilines is 1. The first-order valence-electron chi connectivity index (χ1n) is 4.06. The molecule has 1 aliphatic rings. The number of carbonyl (C=O) groups is 1. The fourth-order valence-corrected chi connectivity index (χ4v) is 1.39. The van der Waals surface area contributed by atoms with E-state index in [-0.39, 0.29) is 11.2 Å². The van der Waals surface area contributed by atoms with Crippen molar-refractivity contribution >= 4 is 23.2 Å². The lowest BCUT2D eigenvalue weighted by Crippen LogP contribution is -2.42. The fourth-order valence-electron chi connectivity index (χ4n) is 1.27. The molecule has 0 radical (unpaired) electrons. The highest BCUT2D eigenvalue weighted by atomic mass is 35.5. The van der Waals surface area contributed by atoms with E-state index < -0.39 is 6.10 Å². The normalized spacial score (nSPS) is 20.4. The standard InChI is InChI=1S/C8H8ClN3O2/c1-4-7(13)12(2)5-3-10-8(9)11-6(5)14-4/h3-4H,1-2H3/t4-/m1/s1. The largest absolute Gasteiger partial charge is 0.463 e. The second kappa shape index (κ2) is 3.09. The third-order valence-electron chi connectivity index (χ3n) is 2.03. The van der Waals surface area contributed by atoms with Gasteiger partial charge in [-0.05, 0) is 18.5 Å². The molecule has 0 N–H and O–H groups in total. The van der Waals surface area contributed by atoms with Gasteiger partial charge in [0, 0.05) is 7.05 Å². The van der Waals surface area contributed by atoms with E-state index in [1.165, 1.54) is 11.1 Å². The summed E-state index contributed by atoms with van der Waals surface area (Å²) < 4.78 is 5.27. The monoisotopic (exact) mass is 213 g/mol. The molecule has 0 saturated heterocycles. The number of rotatable bonds is 0. The Hall–Kier alpha value is -1.36. The average Bonchev–Trinajstić information content (AvgIpc) is 2.14. The van der Waals surface area contributed by atoms with Crippen molar-refractivity contribution in [3.63, 3.8) is 0 Å². The zero-order valence-corrected chi connectivity index (χ0v) is 8.45. The number of carbonyl (C=O) groups excluding carboxylic acids is 1. The average molecular weight is 214 g/mol. The Morgan fingerprint density at radius 1 is 1.64 bits per heavy atom. The summed E-state index contributed by atoms with van der Waals surface area (Å²) in [4.78, 5) is 20.6. The molecule has 0 aliphatic carbocycles. The van der Waals surface area contributed by atoms with Crippen molar-refractivity contribution in [1.29, 1.82) is 0 Å². The molecule has 0 saturated carbocycles. The molecule has 1 aromatic rings. The van der Waals surface area contributed by atoms with Crippen molar-refractivity contribution in [2.45, 2.75) is 13.0 Å². The Balaban J connectivity index is 2.50. The van der Waals surface area contributed by atoms with Crippen molar-refractivity contribution < 1.29 is 9.53 Å². The van der Waals surface area contributed by atoms with Crippen LogP contribution in [-0.2, 0) is 4.79 Å². The Morgan fingerprint density at radius 3 is 3.07 bits per heavy atom. The molecular weight excluding hydrogens is 206 g/mol. The van der Waals surface area contributed by atoms with E-state index in [1.54, 1.807) is 14.0 Å². The molecular formula is C8H8ClN3O2. The van der Waals surface area contributed by atoms with E-state index in [4.69, 9.17) is 16.3 Å². The summed E-state index contributed by atoms with van der Waals surface area (Å²) in [5, 5.41) is 0.110. The van der Waals surface area contributed by atoms with Crippen LogP contribution in [0.25, 0.3) is 0 Å². The molecule has 2 rings (SSSR count). The maximum Gasteiger partial charge on any atom is 0.267 e. The molecule has 1 aliphatic heterocycles. The van der Waals surface area contributed by atoms with Crippen LogP contribution in [0.4, 0.5) is 5.69 Å². The van der Waals surface area contributed by atoms with Gasteiger partial charge < -0.3 is 9.64 Å². The molecule has 74 valence electrons. The number of hydrogen-bond donors (Lipinski definition) is 0. The summed E-state index contributed by atoms with van der Waals surface area (Å²) in [6, 6.07) is 0. The molecule has 0 fully saturated rings. The minimum Gasteiger partial charge on any atom is -0.463 e. The van der Waals surface area contributed by atoms with E-state index in [0.717, 1.165) is 0 Å². The van der Waals surface area contributed by atoms with Gasteiger partial charge in [-0.2, -0.15) is 4.98 Å². The molecule has 14 heavy (non-hydrogen) atoms. The van der Waals surface area contributed by atoms with Crippen LogP contribution in [0.2, 0.25) is 5.28 Å². The highest BCUT2D eigenvalue weighted by Gasteiger charge is 2.30. The molecule has 0 unspecified atom stereocenters. The predicted molar refractivity (Wildman–Crippen MR) is 50.5 cm³/mol. The third-order valence-corrected chi connectivity index (χ3v) is 2.22. The lowest BCUT2D eigenvalue weighted by Gasteiger charge is -2.28. The van der Waals surface area contributed by atoms with Crippen LogP contribution in [-0.4, -0.2) is 29.0 Å². The molecule has 1 aromatic heterocycles. The molecule has 1 atom stereocenters. The lowest BCUT2D eigenvalue weighted by molar-refractivity contribution is -0.125. The predicted octanol–water partition coefficient (Wildman–Crippen LogP) is 0.874. The van der Waals surface area contributed by atoms with Crippen molar-refractivity contribution in [3.05, 3.63) is 11.5 Å². The fraction of sp³-hybridized carbons (Fsp3) is 0.375. The first-order valence-corrected chi connectivity index (χ1v) is 4.44. The maximum absolute atomic E-state index is 11.5. The number of aromatic nitrogens is 2. The zero-order chi connectivity index (χ0) is 10.3. The second-order valence-corrected chi connectivity index (χ2v) is 3.32. The number of fused-ring (bicyclic) bond motifs is 1. The minimum absolute atomic E-state index is 0.110. The molecule has 6 heteroatoms. The molecule has 0 bridgehead atoms. The number of likely N-dealkylation sites (N-methyl/N-ethyl adjacent to an activating group) is 1. The van der Waals surface area contributed by atoms with Gasteiger partial charge >= 0.3 is 0 Å². The van der Waals surface area contributed by atoms with Crippen molar-refractivity contribution in [2.24, 2.45) is 0 Å². The Kier molecular flexibility index (Phi) is 2.03. The van der Waals surface area contributed by atoms with Crippen LogP contribution in [0.5, 0.6) is 5.88 Å². The van der Waals surface area contributed by atoms with Crippen molar-refractivity contribution in [1.82, 2.24) is 9.97 Å². The zero-order valence-electron chi connectivity index (χ0n) is 7.69. The smallest absolute Gasteiger partial charge is 0.267 e. The maximum atomic E-state index is 11.5. The van der Waals surface area contributed by atoms with Gasteiger partial charge in [0.2, 0.25) is 11.2 Å². The first-order chi connectivity index (χ1) is 6.59. The van der Waals surface area contributed by atoms with Gasteiger partial charge in [0.05, 0.1) is 6.20 Å². The van der Waals surface area contributed by atoms with Gasteiger partial charge in [0.1, 0.15) is 5.69 Å². The summed E-state index contributed by atoms with van der Waals surface area (Å²) in [5.41, 5.74) is 0.539. The highest BCUT2D eigenvalue weighted by molar-refractivity contribution is 6.28. The summed E-state index contributed by atoms with van der Waals surface area (Å²) >= 11 is 5.60. The molecule has 1 amide bonds. The summed E-state index contributed by atoms with van der Waals surface area (Å²) in [6.45, 7) is 1.66. The lowest BCUT2D eigenvalue weighted by atomic mass is 10.3. The highest BCUT2D eigenvalue weighted by Crippen LogP contribution is 2.30. The summed E-state index contributed by atoms with van der Waals surface area (Å²) in [7, 11) is 1.65. The number of ether oxygens (including phenoxy) is 1. The van der Waals surface area contributed by atoms with Crippen molar-refractivity contribution in [2.75, 3.05) is 11.9 Å². The van der Waals surface area contributed by atoms with E-state index in [2.05, 4.69) is 9.97 Å². The van der Waals surface area contributed by atoms with Crippen molar-refractivity contribution in [3.8, 4) is 5.88 Å². The van der Waals surface area contributed by atoms with E-state index >= 15 is 0 Å². The number of amides is 1. The van der Waals surface area contributed by atoms with Gasteiger partial charge in [0.15, 0.2) is 6.10 Å². The van der Waals surface area contributed by atoms with Crippen LogP contribution in [0.15, 0.2) is 6.20 Å². The third kappa shape index (κ3) is 1.29. The molecule has 0 aromatic carbocycles. The van der Waals surface area contributed by atoms with Crippen LogP contribution in [0.1, 0.15) is 6.92 Å². The summed E-state index contributed by atoms with van der Waals surface area (Å²) in [6.07, 6.45) is 0.938. The molecule has 0 spiro atoms. The SMILES string of the molecule is C[C@H]1Oc2nc(Cl)ncc2N(C)C1=O. The topological polar surface area (TPSA) is 55.3 Å². The quantitative estimate of drug-likeness (QED) is 0.601. The van der Waals surface area contributed by atoms with Gasteiger partial charge in [-0.1, -0.05) is 0 Å². The van der Waals surface area contributed by atoms with E-state index in [0.29, 0.717) is 11.6 Å². The Labute approximate surface area is 85.7 Å². The van der Waals surface area contributed by atoms with E-state index in [9.17, 15) is 4.79 Å². The van der Waals surface area contributed by atoms with Crippen LogP contribution in [0, 0.1) is 0 Å². The van der Waals surface area contributed by atoms with Crippen LogP contribution < -0.4 is 9.64 Å².